The molecule has 1 aliphatic rings. The van der Waals surface area contributed by atoms with Crippen LogP contribution in [0.4, 0.5) is 0 Å². The summed E-state index contributed by atoms with van der Waals surface area (Å²) >= 11 is 1.78. The minimum absolute atomic E-state index is 0.748. The highest BCUT2D eigenvalue weighted by molar-refractivity contribution is 7.09. The van der Waals surface area contributed by atoms with Crippen molar-refractivity contribution in [1.29, 1.82) is 0 Å². The second-order valence-corrected chi connectivity index (χ2v) is 5.83. The molecule has 2 rings (SSSR count). The van der Waals surface area contributed by atoms with E-state index in [1.807, 2.05) is 11.7 Å². The number of nitrogens with zero attached hydrogens (tertiary/aromatic N) is 1. The van der Waals surface area contributed by atoms with E-state index in [0.29, 0.717) is 0 Å². The van der Waals surface area contributed by atoms with E-state index in [2.05, 4.69) is 24.1 Å². The van der Waals surface area contributed by atoms with Gasteiger partial charge < -0.3 is 5.32 Å². The summed E-state index contributed by atoms with van der Waals surface area (Å²) in [4.78, 5) is 5.56. The first kappa shape index (κ1) is 11.1. The van der Waals surface area contributed by atoms with Crippen molar-refractivity contribution in [2.24, 2.45) is 11.8 Å². The van der Waals surface area contributed by atoms with E-state index in [-0.39, 0.29) is 0 Å². The van der Waals surface area contributed by atoms with Gasteiger partial charge in [-0.05, 0) is 37.6 Å². The van der Waals surface area contributed by atoms with Crippen LogP contribution in [0.5, 0.6) is 0 Å². The van der Waals surface area contributed by atoms with Gasteiger partial charge in [-0.25, -0.2) is 0 Å². The van der Waals surface area contributed by atoms with Gasteiger partial charge >= 0.3 is 0 Å². The van der Waals surface area contributed by atoms with E-state index in [1.165, 1.54) is 30.7 Å². The molecular weight excluding hydrogens is 204 g/mol. The van der Waals surface area contributed by atoms with E-state index >= 15 is 0 Å². The Labute approximate surface area is 96.1 Å². The molecule has 1 aromatic rings. The van der Waals surface area contributed by atoms with Crippen LogP contribution in [0.25, 0.3) is 0 Å². The van der Waals surface area contributed by atoms with Crippen LogP contribution in [0.1, 0.15) is 31.6 Å². The maximum Gasteiger partial charge on any atom is 0.0794 e. The highest BCUT2D eigenvalue weighted by atomic mass is 32.1. The lowest BCUT2D eigenvalue weighted by Crippen LogP contribution is -2.29. The molecule has 0 saturated heterocycles. The van der Waals surface area contributed by atoms with Crippen molar-refractivity contribution in [3.05, 3.63) is 16.6 Å². The Hall–Kier alpha value is -0.410. The molecule has 1 saturated carbocycles. The predicted molar refractivity (Wildman–Crippen MR) is 65.2 cm³/mol. The number of thiazole rings is 1. The van der Waals surface area contributed by atoms with Crippen molar-refractivity contribution >= 4 is 11.3 Å². The van der Waals surface area contributed by atoms with Crippen LogP contribution < -0.4 is 5.32 Å². The molecule has 0 aromatic carbocycles. The molecule has 0 radical (unpaired) electrons. The fourth-order valence-electron chi connectivity index (χ4n) is 1.75. The Balaban J connectivity index is 1.81. The molecule has 0 spiro atoms. The van der Waals surface area contributed by atoms with Gasteiger partial charge in [-0.2, -0.15) is 0 Å². The van der Waals surface area contributed by atoms with Crippen LogP contribution in [-0.2, 0) is 6.42 Å². The van der Waals surface area contributed by atoms with Crippen LogP contribution >= 0.6 is 11.3 Å². The van der Waals surface area contributed by atoms with Crippen LogP contribution in [0.3, 0.4) is 0 Å². The Morgan fingerprint density at radius 2 is 2.33 bits per heavy atom. The summed E-state index contributed by atoms with van der Waals surface area (Å²) < 4.78 is 0. The zero-order valence-electron chi connectivity index (χ0n) is 9.57. The molecule has 1 fully saturated rings. The van der Waals surface area contributed by atoms with E-state index < -0.39 is 0 Å². The zero-order valence-corrected chi connectivity index (χ0v) is 10.4. The molecule has 84 valence electrons. The Morgan fingerprint density at radius 3 is 2.87 bits per heavy atom. The summed E-state index contributed by atoms with van der Waals surface area (Å²) in [6, 6.07) is 0.827. The maximum atomic E-state index is 4.14. The van der Waals surface area contributed by atoms with E-state index in [0.717, 1.165) is 17.9 Å². The van der Waals surface area contributed by atoms with Crippen LogP contribution in [0.2, 0.25) is 0 Å². The lowest BCUT2D eigenvalue weighted by molar-refractivity contribution is 0.361. The van der Waals surface area contributed by atoms with Gasteiger partial charge in [-0.15, -0.1) is 11.3 Å². The number of hydrogen-bond acceptors (Lipinski definition) is 3. The smallest absolute Gasteiger partial charge is 0.0794 e. The maximum absolute atomic E-state index is 4.14. The highest BCUT2D eigenvalue weighted by Crippen LogP contribution is 2.22. The molecule has 1 aromatic heterocycles. The summed E-state index contributed by atoms with van der Waals surface area (Å²) in [5.41, 5.74) is 1.93. The average molecular weight is 224 g/mol. The fraction of sp³-hybridized carbons (Fsp3) is 0.750. The average Bonchev–Trinajstić information content (AvgIpc) is 2.89. The van der Waals surface area contributed by atoms with Crippen molar-refractivity contribution in [3.8, 4) is 0 Å². The summed E-state index contributed by atoms with van der Waals surface area (Å²) in [5.74, 6) is 1.50. The molecule has 0 amide bonds. The van der Waals surface area contributed by atoms with Crippen LogP contribution in [0.15, 0.2) is 11.7 Å². The standard InChI is InChI=1S/C12H20N2S/c1-9(2)10(6-14-11-3-4-11)5-12-7-13-8-15-12/h7-11,14H,3-6H2,1-2H3. The molecule has 0 bridgehead atoms. The minimum atomic E-state index is 0.748. The fourth-order valence-corrected chi connectivity index (χ4v) is 2.44. The zero-order chi connectivity index (χ0) is 10.7. The van der Waals surface area contributed by atoms with Crippen molar-refractivity contribution in [2.45, 2.75) is 39.2 Å². The van der Waals surface area contributed by atoms with Gasteiger partial charge in [-0.1, -0.05) is 13.8 Å². The summed E-state index contributed by atoms with van der Waals surface area (Å²) in [6.07, 6.45) is 5.95. The molecule has 0 aliphatic heterocycles. The lowest BCUT2D eigenvalue weighted by atomic mass is 9.92. The number of rotatable bonds is 6. The first-order chi connectivity index (χ1) is 7.25. The Bertz CT molecular complexity index is 278. The molecule has 2 nitrogen and oxygen atoms in total. The van der Waals surface area contributed by atoms with Gasteiger partial charge in [0.2, 0.25) is 0 Å². The molecular formula is C12H20N2S. The largest absolute Gasteiger partial charge is 0.314 e. The van der Waals surface area contributed by atoms with Crippen molar-refractivity contribution in [1.82, 2.24) is 10.3 Å². The number of nitrogens with one attached hydrogen (secondary N) is 1. The minimum Gasteiger partial charge on any atom is -0.314 e. The third-order valence-electron chi connectivity index (χ3n) is 3.14. The topological polar surface area (TPSA) is 24.9 Å². The van der Waals surface area contributed by atoms with Gasteiger partial charge in [0.25, 0.3) is 0 Å². The molecule has 1 unspecified atom stereocenters. The van der Waals surface area contributed by atoms with Gasteiger partial charge in [0.15, 0.2) is 0 Å². The first-order valence-electron chi connectivity index (χ1n) is 5.86. The molecule has 1 N–H and O–H groups in total. The van der Waals surface area contributed by atoms with Crippen molar-refractivity contribution < 1.29 is 0 Å². The third kappa shape index (κ3) is 3.58. The molecule has 15 heavy (non-hydrogen) atoms. The van der Waals surface area contributed by atoms with E-state index in [9.17, 15) is 0 Å². The summed E-state index contributed by atoms with van der Waals surface area (Å²) in [5, 5.41) is 3.63. The van der Waals surface area contributed by atoms with Gasteiger partial charge in [0.1, 0.15) is 0 Å². The second kappa shape index (κ2) is 5.08. The highest BCUT2D eigenvalue weighted by Gasteiger charge is 2.23. The Morgan fingerprint density at radius 1 is 1.53 bits per heavy atom. The van der Waals surface area contributed by atoms with Crippen molar-refractivity contribution in [3.63, 3.8) is 0 Å². The number of aromatic nitrogens is 1. The molecule has 3 heteroatoms. The van der Waals surface area contributed by atoms with E-state index in [4.69, 9.17) is 0 Å². The molecule has 1 atom stereocenters. The van der Waals surface area contributed by atoms with Crippen molar-refractivity contribution in [2.75, 3.05) is 6.54 Å². The molecule has 1 heterocycles. The normalized spacial score (nSPS) is 18.3. The monoisotopic (exact) mass is 224 g/mol. The number of hydrogen-bond donors (Lipinski definition) is 1. The summed E-state index contributed by atoms with van der Waals surface area (Å²) in [6.45, 7) is 5.81. The quantitative estimate of drug-likeness (QED) is 0.803. The first-order valence-corrected chi connectivity index (χ1v) is 6.74. The second-order valence-electron chi connectivity index (χ2n) is 4.86. The Kier molecular flexibility index (Phi) is 3.76. The van der Waals surface area contributed by atoms with E-state index in [1.54, 1.807) is 11.3 Å². The molecule has 1 aliphatic carbocycles. The van der Waals surface area contributed by atoms with Crippen LogP contribution in [0, 0.1) is 11.8 Å². The summed E-state index contributed by atoms with van der Waals surface area (Å²) in [7, 11) is 0. The van der Waals surface area contributed by atoms with Crippen LogP contribution in [-0.4, -0.2) is 17.6 Å². The predicted octanol–water partition coefficient (Wildman–Crippen LogP) is 2.71. The third-order valence-corrected chi connectivity index (χ3v) is 3.94. The lowest BCUT2D eigenvalue weighted by Gasteiger charge is -2.20. The van der Waals surface area contributed by atoms with Gasteiger partial charge in [0.05, 0.1) is 5.51 Å². The van der Waals surface area contributed by atoms with Gasteiger partial charge in [-0.3, -0.25) is 4.98 Å². The SMILES string of the molecule is CC(C)C(CNC1CC1)Cc1cncs1. The van der Waals surface area contributed by atoms with Gasteiger partial charge in [0, 0.05) is 17.1 Å².